The second-order valence-corrected chi connectivity index (χ2v) is 8.77. The maximum atomic E-state index is 12.8. The van der Waals surface area contributed by atoms with E-state index in [9.17, 15) is 4.79 Å². The van der Waals surface area contributed by atoms with E-state index in [2.05, 4.69) is 20.4 Å². The number of benzene rings is 2. The second-order valence-electron chi connectivity index (χ2n) is 8.77. The molecule has 2 heterocycles. The van der Waals surface area contributed by atoms with E-state index in [0.717, 1.165) is 37.1 Å². The molecule has 1 atom stereocenters. The van der Waals surface area contributed by atoms with Gasteiger partial charge in [-0.25, -0.2) is 0 Å². The van der Waals surface area contributed by atoms with E-state index in [-0.39, 0.29) is 11.8 Å². The first-order chi connectivity index (χ1) is 17.6. The fourth-order valence-electron chi connectivity index (χ4n) is 4.41. The number of nitrogens with one attached hydrogen (secondary N) is 1. The van der Waals surface area contributed by atoms with E-state index in [4.69, 9.17) is 18.7 Å². The molecule has 1 saturated heterocycles. The lowest BCUT2D eigenvalue weighted by atomic mass is 9.97. The van der Waals surface area contributed by atoms with Crippen LogP contribution in [0, 0.1) is 5.92 Å². The number of aromatic nitrogens is 2. The van der Waals surface area contributed by atoms with Crippen LogP contribution >= 0.6 is 0 Å². The van der Waals surface area contributed by atoms with Gasteiger partial charge in [0.15, 0.2) is 11.5 Å². The van der Waals surface area contributed by atoms with Crippen molar-refractivity contribution >= 4 is 5.91 Å². The van der Waals surface area contributed by atoms with Gasteiger partial charge in [0.1, 0.15) is 5.75 Å². The molecule has 3 aromatic rings. The number of carbonyl (C=O) groups is 1. The fraction of sp³-hybridized carbons (Fsp3) is 0.444. The Morgan fingerprint density at radius 3 is 2.69 bits per heavy atom. The highest BCUT2D eigenvalue weighted by Gasteiger charge is 2.27. The lowest BCUT2D eigenvalue weighted by Gasteiger charge is -2.30. The molecule has 2 aromatic carbocycles. The number of rotatable bonds is 11. The van der Waals surface area contributed by atoms with Crippen molar-refractivity contribution in [2.45, 2.75) is 32.7 Å². The number of carbonyl (C=O) groups excluding carboxylic acids is 1. The molecule has 0 aliphatic carbocycles. The van der Waals surface area contributed by atoms with Gasteiger partial charge in [-0.05, 0) is 68.6 Å². The topological polar surface area (TPSA) is 99.0 Å². The van der Waals surface area contributed by atoms with Gasteiger partial charge < -0.3 is 24.1 Å². The zero-order valence-corrected chi connectivity index (χ0v) is 21.2. The maximum Gasteiger partial charge on any atom is 0.241 e. The molecule has 192 valence electrons. The SMILES string of the molecule is CCOc1ccc(CCNC(=O)[C@H]2CCCN(Cc3nc(-c4ccc(OC)c(OC)c4)no3)C2)cc1. The van der Waals surface area contributed by atoms with E-state index in [1.54, 1.807) is 14.2 Å². The highest BCUT2D eigenvalue weighted by atomic mass is 16.5. The van der Waals surface area contributed by atoms with Crippen LogP contribution in [0.25, 0.3) is 11.4 Å². The molecule has 9 heteroatoms. The zero-order valence-electron chi connectivity index (χ0n) is 21.2. The van der Waals surface area contributed by atoms with E-state index in [1.807, 2.05) is 49.4 Å². The minimum absolute atomic E-state index is 0.0488. The third-order valence-corrected chi connectivity index (χ3v) is 6.29. The Kier molecular flexibility index (Phi) is 8.78. The Bertz CT molecular complexity index is 1130. The van der Waals surface area contributed by atoms with Gasteiger partial charge in [-0.3, -0.25) is 9.69 Å². The number of nitrogens with zero attached hydrogens (tertiary/aromatic N) is 3. The Morgan fingerprint density at radius 2 is 1.94 bits per heavy atom. The smallest absolute Gasteiger partial charge is 0.241 e. The Morgan fingerprint density at radius 1 is 1.14 bits per heavy atom. The molecule has 1 aromatic heterocycles. The predicted molar refractivity (Wildman–Crippen MR) is 135 cm³/mol. The average Bonchev–Trinajstić information content (AvgIpc) is 3.38. The summed E-state index contributed by atoms with van der Waals surface area (Å²) in [6, 6.07) is 13.5. The monoisotopic (exact) mass is 494 g/mol. The molecule has 0 radical (unpaired) electrons. The Hall–Kier alpha value is -3.59. The molecule has 0 saturated carbocycles. The van der Waals surface area contributed by atoms with Crippen molar-refractivity contribution in [2.75, 3.05) is 40.5 Å². The molecule has 1 aliphatic heterocycles. The molecule has 1 aliphatic rings. The first-order valence-corrected chi connectivity index (χ1v) is 12.4. The maximum absolute atomic E-state index is 12.8. The normalized spacial score (nSPS) is 15.9. The van der Waals surface area contributed by atoms with Gasteiger partial charge in [0, 0.05) is 18.7 Å². The summed E-state index contributed by atoms with van der Waals surface area (Å²) in [6.45, 7) is 5.31. The van der Waals surface area contributed by atoms with Crippen molar-refractivity contribution in [1.82, 2.24) is 20.4 Å². The Labute approximate surface area is 211 Å². The summed E-state index contributed by atoms with van der Waals surface area (Å²) in [5, 5.41) is 7.23. The van der Waals surface area contributed by atoms with Crippen molar-refractivity contribution in [1.29, 1.82) is 0 Å². The fourth-order valence-corrected chi connectivity index (χ4v) is 4.41. The Balaban J connectivity index is 1.27. The van der Waals surface area contributed by atoms with Gasteiger partial charge >= 0.3 is 0 Å². The highest BCUT2D eigenvalue weighted by Crippen LogP contribution is 2.31. The molecule has 0 bridgehead atoms. The number of amides is 1. The number of ether oxygens (including phenoxy) is 3. The van der Waals surface area contributed by atoms with Crippen molar-refractivity contribution in [2.24, 2.45) is 5.92 Å². The summed E-state index contributed by atoms with van der Waals surface area (Å²) in [4.78, 5) is 19.5. The minimum Gasteiger partial charge on any atom is -0.494 e. The van der Waals surface area contributed by atoms with Crippen molar-refractivity contribution < 1.29 is 23.5 Å². The first kappa shape index (κ1) is 25.5. The number of hydrogen-bond acceptors (Lipinski definition) is 8. The molecule has 1 amide bonds. The van der Waals surface area contributed by atoms with Gasteiger partial charge in [-0.1, -0.05) is 17.3 Å². The van der Waals surface area contributed by atoms with Gasteiger partial charge in [-0.15, -0.1) is 0 Å². The van der Waals surface area contributed by atoms with E-state index < -0.39 is 0 Å². The van der Waals surface area contributed by atoms with E-state index in [0.29, 0.717) is 49.5 Å². The van der Waals surface area contributed by atoms with Crippen LogP contribution in [0.4, 0.5) is 0 Å². The van der Waals surface area contributed by atoms with Crippen molar-refractivity contribution in [3.63, 3.8) is 0 Å². The second kappa shape index (κ2) is 12.4. The van der Waals surface area contributed by atoms with Crippen LogP contribution in [-0.4, -0.2) is 61.4 Å². The van der Waals surface area contributed by atoms with Crippen LogP contribution in [0.1, 0.15) is 31.2 Å². The molecule has 1 N–H and O–H groups in total. The van der Waals surface area contributed by atoms with E-state index >= 15 is 0 Å². The number of methoxy groups -OCH3 is 2. The molecule has 1 fully saturated rings. The summed E-state index contributed by atoms with van der Waals surface area (Å²) in [5.74, 6) is 3.18. The number of piperidine rings is 1. The standard InChI is InChI=1S/C27H34N4O5/c1-4-35-22-10-7-19(8-11-22)13-14-28-27(32)21-6-5-15-31(17-21)18-25-29-26(30-36-25)20-9-12-23(33-2)24(16-20)34-3/h7-12,16,21H,4-6,13-15,17-18H2,1-3H3,(H,28,32)/t21-/m0/s1. The summed E-state index contributed by atoms with van der Waals surface area (Å²) in [6.07, 6.45) is 2.62. The molecule has 4 rings (SSSR count). The van der Waals surface area contributed by atoms with Gasteiger partial charge in [-0.2, -0.15) is 4.98 Å². The van der Waals surface area contributed by atoms with Crippen LogP contribution in [-0.2, 0) is 17.8 Å². The van der Waals surface area contributed by atoms with E-state index in [1.165, 1.54) is 5.56 Å². The van der Waals surface area contributed by atoms with Gasteiger partial charge in [0.2, 0.25) is 17.6 Å². The highest BCUT2D eigenvalue weighted by molar-refractivity contribution is 5.79. The van der Waals surface area contributed by atoms with Crippen LogP contribution < -0.4 is 19.5 Å². The third-order valence-electron chi connectivity index (χ3n) is 6.29. The van der Waals surface area contributed by atoms with Crippen molar-refractivity contribution in [3.05, 3.63) is 53.9 Å². The summed E-state index contributed by atoms with van der Waals surface area (Å²) < 4.78 is 21.6. The molecule has 9 nitrogen and oxygen atoms in total. The largest absolute Gasteiger partial charge is 0.494 e. The number of likely N-dealkylation sites (tertiary alicyclic amines) is 1. The van der Waals surface area contributed by atoms with Gasteiger partial charge in [0.25, 0.3) is 0 Å². The lowest BCUT2D eigenvalue weighted by molar-refractivity contribution is -0.126. The molecular formula is C27H34N4O5. The van der Waals surface area contributed by atoms with Crippen LogP contribution in [0.2, 0.25) is 0 Å². The quantitative estimate of drug-likeness (QED) is 0.431. The molecule has 0 unspecified atom stereocenters. The van der Waals surface area contributed by atoms with Crippen LogP contribution in [0.5, 0.6) is 17.2 Å². The zero-order chi connectivity index (χ0) is 25.3. The molecule has 36 heavy (non-hydrogen) atoms. The first-order valence-electron chi connectivity index (χ1n) is 12.4. The minimum atomic E-state index is -0.0488. The van der Waals surface area contributed by atoms with Crippen molar-refractivity contribution in [3.8, 4) is 28.6 Å². The van der Waals surface area contributed by atoms with Crippen LogP contribution in [0.3, 0.4) is 0 Å². The predicted octanol–water partition coefficient (Wildman–Crippen LogP) is 3.72. The third kappa shape index (κ3) is 6.54. The summed E-state index contributed by atoms with van der Waals surface area (Å²) >= 11 is 0. The summed E-state index contributed by atoms with van der Waals surface area (Å²) in [5.41, 5.74) is 1.96. The van der Waals surface area contributed by atoms with Crippen LogP contribution in [0.15, 0.2) is 47.0 Å². The van der Waals surface area contributed by atoms with Gasteiger partial charge in [0.05, 0.1) is 33.3 Å². The molecular weight excluding hydrogens is 460 g/mol. The number of hydrogen-bond donors (Lipinski definition) is 1. The summed E-state index contributed by atoms with van der Waals surface area (Å²) in [7, 11) is 3.18. The molecule has 0 spiro atoms. The average molecular weight is 495 g/mol. The lowest BCUT2D eigenvalue weighted by Crippen LogP contribution is -2.43.